The van der Waals surface area contributed by atoms with Crippen molar-refractivity contribution in [3.05, 3.63) is 27.7 Å². The maximum absolute atomic E-state index is 11.9. The van der Waals surface area contributed by atoms with Crippen molar-refractivity contribution in [2.45, 2.75) is 6.54 Å². The lowest BCUT2D eigenvalue weighted by atomic mass is 10.4. The van der Waals surface area contributed by atoms with Gasteiger partial charge in [0, 0.05) is 17.8 Å². The quantitative estimate of drug-likeness (QED) is 0.900. The Morgan fingerprint density at radius 1 is 1.56 bits per heavy atom. The number of anilines is 1. The molecule has 0 saturated heterocycles. The van der Waals surface area contributed by atoms with Crippen LogP contribution in [-0.4, -0.2) is 27.8 Å². The predicted molar refractivity (Wildman–Crippen MR) is 64.4 cm³/mol. The first-order valence-electron chi connectivity index (χ1n) is 4.50. The first-order chi connectivity index (χ1) is 7.66. The molecule has 0 aromatic carbocycles. The molecule has 0 radical (unpaired) electrons. The number of carbonyl (C=O) groups excluding carboxylic acids is 1. The molecule has 84 valence electrons. The van der Waals surface area contributed by atoms with Crippen molar-refractivity contribution in [1.29, 1.82) is 0 Å². The van der Waals surface area contributed by atoms with Crippen molar-refractivity contribution in [2.75, 3.05) is 12.8 Å². The normalized spacial score (nSPS) is 10.3. The van der Waals surface area contributed by atoms with Crippen molar-refractivity contribution in [2.24, 2.45) is 0 Å². The smallest absolute Gasteiger partial charge is 0.273 e. The van der Waals surface area contributed by atoms with Crippen molar-refractivity contribution in [3.8, 4) is 0 Å². The number of carbonyl (C=O) groups is 1. The third-order valence-corrected chi connectivity index (χ3v) is 3.28. The fourth-order valence-corrected chi connectivity index (χ4v) is 2.30. The van der Waals surface area contributed by atoms with Gasteiger partial charge in [-0.25, -0.2) is 9.97 Å². The number of aromatic nitrogens is 2. The fraction of sp³-hybridized carbons (Fsp3) is 0.222. The monoisotopic (exact) mass is 254 g/mol. The van der Waals surface area contributed by atoms with Gasteiger partial charge >= 0.3 is 0 Å². The van der Waals surface area contributed by atoms with Gasteiger partial charge in [-0.05, 0) is 0 Å². The molecule has 2 aromatic rings. The number of rotatable bonds is 3. The molecule has 2 rings (SSSR count). The standard InChI is InChI=1S/C9H10N4OS2/c1-13(2-6-3-15-5-11-6)8(14)7-4-16-9(10)12-7/h3-5H,2H2,1H3,(H2,10,12). The summed E-state index contributed by atoms with van der Waals surface area (Å²) in [6, 6.07) is 0. The van der Waals surface area contributed by atoms with Crippen LogP contribution in [0.3, 0.4) is 0 Å². The summed E-state index contributed by atoms with van der Waals surface area (Å²) in [6.07, 6.45) is 0. The minimum Gasteiger partial charge on any atom is -0.375 e. The van der Waals surface area contributed by atoms with E-state index in [1.165, 1.54) is 22.7 Å². The highest BCUT2D eigenvalue weighted by Crippen LogP contribution is 2.13. The summed E-state index contributed by atoms with van der Waals surface area (Å²) >= 11 is 2.77. The molecule has 0 aliphatic carbocycles. The van der Waals surface area contributed by atoms with Gasteiger partial charge in [-0.2, -0.15) is 0 Å². The first kappa shape index (κ1) is 11.0. The molecule has 7 heteroatoms. The molecule has 0 fully saturated rings. The average molecular weight is 254 g/mol. The van der Waals surface area contributed by atoms with E-state index in [1.807, 2.05) is 5.38 Å². The third kappa shape index (κ3) is 2.37. The highest BCUT2D eigenvalue weighted by molar-refractivity contribution is 7.13. The van der Waals surface area contributed by atoms with Gasteiger partial charge in [0.1, 0.15) is 5.69 Å². The number of hydrogen-bond donors (Lipinski definition) is 1. The minimum absolute atomic E-state index is 0.138. The molecule has 1 amide bonds. The third-order valence-electron chi connectivity index (χ3n) is 1.97. The summed E-state index contributed by atoms with van der Waals surface area (Å²) in [5, 5.41) is 3.99. The molecule has 2 N–H and O–H groups in total. The van der Waals surface area contributed by atoms with Crippen molar-refractivity contribution in [1.82, 2.24) is 14.9 Å². The van der Waals surface area contributed by atoms with Gasteiger partial charge in [0.25, 0.3) is 5.91 Å². The van der Waals surface area contributed by atoms with Crippen LogP contribution in [0.5, 0.6) is 0 Å². The minimum atomic E-state index is -0.138. The van der Waals surface area contributed by atoms with Crippen molar-refractivity contribution < 1.29 is 4.79 Å². The van der Waals surface area contributed by atoms with Crippen LogP contribution in [0.25, 0.3) is 0 Å². The Labute approximate surface area is 101 Å². The highest BCUT2D eigenvalue weighted by atomic mass is 32.1. The Morgan fingerprint density at radius 3 is 2.94 bits per heavy atom. The van der Waals surface area contributed by atoms with Crippen LogP contribution in [0.4, 0.5) is 5.13 Å². The lowest BCUT2D eigenvalue weighted by Gasteiger charge is -2.13. The molecule has 0 spiro atoms. The van der Waals surface area contributed by atoms with E-state index in [0.29, 0.717) is 17.4 Å². The van der Waals surface area contributed by atoms with Crippen LogP contribution in [0.15, 0.2) is 16.3 Å². The van der Waals surface area contributed by atoms with Gasteiger partial charge in [-0.15, -0.1) is 22.7 Å². The maximum atomic E-state index is 11.9. The Balaban J connectivity index is 2.05. The first-order valence-corrected chi connectivity index (χ1v) is 6.32. The molecule has 5 nitrogen and oxygen atoms in total. The number of nitrogens with two attached hydrogens (primary N) is 1. The van der Waals surface area contributed by atoms with Gasteiger partial charge in [0.05, 0.1) is 17.7 Å². The average Bonchev–Trinajstić information content (AvgIpc) is 2.88. The fourth-order valence-electron chi connectivity index (χ4n) is 1.21. The molecule has 0 unspecified atom stereocenters. The van der Waals surface area contributed by atoms with E-state index in [9.17, 15) is 4.79 Å². The summed E-state index contributed by atoms with van der Waals surface area (Å²) in [5.41, 5.74) is 8.49. The second-order valence-electron chi connectivity index (χ2n) is 3.21. The van der Waals surface area contributed by atoms with E-state index in [-0.39, 0.29) is 5.91 Å². The molecular formula is C9H10N4OS2. The van der Waals surface area contributed by atoms with Crippen LogP contribution >= 0.6 is 22.7 Å². The number of amides is 1. The molecule has 0 aliphatic rings. The van der Waals surface area contributed by atoms with Gasteiger partial charge in [-0.3, -0.25) is 4.79 Å². The zero-order chi connectivity index (χ0) is 11.5. The summed E-state index contributed by atoms with van der Waals surface area (Å²) in [6.45, 7) is 0.486. The second kappa shape index (κ2) is 4.58. The topological polar surface area (TPSA) is 72.1 Å². The maximum Gasteiger partial charge on any atom is 0.273 e. The Kier molecular flexibility index (Phi) is 3.16. The van der Waals surface area contributed by atoms with Crippen LogP contribution in [-0.2, 0) is 6.54 Å². The van der Waals surface area contributed by atoms with Gasteiger partial charge in [-0.1, -0.05) is 0 Å². The van der Waals surface area contributed by atoms with Crippen molar-refractivity contribution >= 4 is 33.7 Å². The molecule has 0 aliphatic heterocycles. The molecule has 2 heterocycles. The zero-order valence-electron chi connectivity index (χ0n) is 8.58. The van der Waals surface area contributed by atoms with E-state index in [4.69, 9.17) is 5.73 Å². The Hall–Kier alpha value is -1.47. The van der Waals surface area contributed by atoms with Gasteiger partial charge < -0.3 is 10.6 Å². The van der Waals surface area contributed by atoms with Crippen LogP contribution < -0.4 is 5.73 Å². The van der Waals surface area contributed by atoms with E-state index in [2.05, 4.69) is 9.97 Å². The van der Waals surface area contributed by atoms with E-state index in [0.717, 1.165) is 5.69 Å². The zero-order valence-corrected chi connectivity index (χ0v) is 10.2. The summed E-state index contributed by atoms with van der Waals surface area (Å²) in [7, 11) is 1.72. The molecule has 0 bridgehead atoms. The number of nitrogen functional groups attached to an aromatic ring is 1. The van der Waals surface area contributed by atoms with Crippen LogP contribution in [0.1, 0.15) is 16.2 Å². The summed E-state index contributed by atoms with van der Waals surface area (Å²) in [4.78, 5) is 21.5. The van der Waals surface area contributed by atoms with Crippen LogP contribution in [0.2, 0.25) is 0 Å². The largest absolute Gasteiger partial charge is 0.375 e. The molecule has 0 saturated carbocycles. The van der Waals surface area contributed by atoms with Gasteiger partial charge in [0.2, 0.25) is 0 Å². The second-order valence-corrected chi connectivity index (χ2v) is 4.82. The van der Waals surface area contributed by atoms with Gasteiger partial charge in [0.15, 0.2) is 5.13 Å². The molecular weight excluding hydrogens is 244 g/mol. The predicted octanol–water partition coefficient (Wildman–Crippen LogP) is 1.45. The summed E-state index contributed by atoms with van der Waals surface area (Å²) < 4.78 is 0. The number of nitrogens with zero attached hydrogens (tertiary/aromatic N) is 3. The lowest BCUT2D eigenvalue weighted by Crippen LogP contribution is -2.26. The van der Waals surface area contributed by atoms with E-state index in [1.54, 1.807) is 22.8 Å². The molecule has 0 atom stereocenters. The van der Waals surface area contributed by atoms with Crippen LogP contribution in [0, 0.1) is 0 Å². The Morgan fingerprint density at radius 2 is 2.38 bits per heavy atom. The van der Waals surface area contributed by atoms with Crippen molar-refractivity contribution in [3.63, 3.8) is 0 Å². The SMILES string of the molecule is CN(Cc1cscn1)C(=O)c1csc(N)n1. The van der Waals surface area contributed by atoms with E-state index < -0.39 is 0 Å². The summed E-state index contributed by atoms with van der Waals surface area (Å²) in [5.74, 6) is -0.138. The molecule has 16 heavy (non-hydrogen) atoms. The lowest BCUT2D eigenvalue weighted by molar-refractivity contribution is 0.0779. The number of hydrogen-bond acceptors (Lipinski definition) is 6. The Bertz CT molecular complexity index is 479. The molecule has 2 aromatic heterocycles. The highest BCUT2D eigenvalue weighted by Gasteiger charge is 2.15. The number of thiazole rings is 2. The van der Waals surface area contributed by atoms with E-state index >= 15 is 0 Å².